The van der Waals surface area contributed by atoms with Crippen molar-refractivity contribution in [1.82, 2.24) is 0 Å². The minimum absolute atomic E-state index is 0.0241. The topological polar surface area (TPSA) is 75.3 Å². The lowest BCUT2D eigenvalue weighted by Gasteiger charge is -2.14. The van der Waals surface area contributed by atoms with Crippen LogP contribution in [0.5, 0.6) is 0 Å². The molecule has 0 atom stereocenters. The Morgan fingerprint density at radius 1 is 1.08 bits per heavy atom. The van der Waals surface area contributed by atoms with Gasteiger partial charge in [0.2, 0.25) is 15.9 Å². The fourth-order valence-electron chi connectivity index (χ4n) is 2.38. The molecule has 0 saturated carbocycles. The van der Waals surface area contributed by atoms with Crippen LogP contribution >= 0.6 is 0 Å². The van der Waals surface area contributed by atoms with Crippen LogP contribution in [0.2, 0.25) is 0 Å². The van der Waals surface area contributed by atoms with Crippen LogP contribution in [0.25, 0.3) is 0 Å². The highest BCUT2D eigenvalue weighted by Crippen LogP contribution is 2.24. The van der Waals surface area contributed by atoms with Crippen LogP contribution in [0.4, 0.5) is 15.8 Å². The maximum atomic E-state index is 13.6. The molecule has 0 bridgehead atoms. The third-order valence-corrected chi connectivity index (χ3v) is 5.13. The number of carbonyl (C=O) groups excluding carboxylic acids is 1. The van der Waals surface area contributed by atoms with E-state index in [1.54, 1.807) is 50.2 Å². The minimum atomic E-state index is -3.42. The first-order chi connectivity index (χ1) is 11.8. The molecule has 2 aromatic rings. The third kappa shape index (κ3) is 5.29. The molecule has 0 radical (unpaired) electrons. The van der Waals surface area contributed by atoms with Crippen LogP contribution in [0.3, 0.4) is 0 Å². The molecule has 0 saturated heterocycles. The second kappa shape index (κ2) is 8.11. The average molecular weight is 364 g/mol. The van der Waals surface area contributed by atoms with Crippen molar-refractivity contribution in [3.05, 3.63) is 59.4 Å². The number of anilines is 2. The molecule has 5 nitrogen and oxygen atoms in total. The maximum absolute atomic E-state index is 13.6. The largest absolute Gasteiger partial charge is 0.325 e. The standard InChI is InChI=1S/C18H21FN2O3S/c1-3-11-25(23,24)21-17-10-6-9-16(13(17)2)20-18(22)12-14-7-4-5-8-15(14)19/h4-10,21H,3,11-12H2,1-2H3,(H,20,22). The molecule has 1 amide bonds. The molecule has 0 spiro atoms. The minimum Gasteiger partial charge on any atom is -0.325 e. The van der Waals surface area contributed by atoms with Crippen LogP contribution < -0.4 is 10.0 Å². The van der Waals surface area contributed by atoms with Gasteiger partial charge in [-0.05, 0) is 42.7 Å². The molecule has 0 aliphatic heterocycles. The number of rotatable bonds is 7. The van der Waals surface area contributed by atoms with E-state index in [4.69, 9.17) is 0 Å². The number of hydrogen-bond donors (Lipinski definition) is 2. The van der Waals surface area contributed by atoms with E-state index in [2.05, 4.69) is 10.0 Å². The van der Waals surface area contributed by atoms with E-state index in [9.17, 15) is 17.6 Å². The van der Waals surface area contributed by atoms with Gasteiger partial charge in [-0.3, -0.25) is 9.52 Å². The molecule has 7 heteroatoms. The van der Waals surface area contributed by atoms with Crippen molar-refractivity contribution in [2.75, 3.05) is 15.8 Å². The van der Waals surface area contributed by atoms with Crippen molar-refractivity contribution >= 4 is 27.3 Å². The summed E-state index contributed by atoms with van der Waals surface area (Å²) in [4.78, 5) is 12.2. The molecule has 2 rings (SSSR count). The first-order valence-electron chi connectivity index (χ1n) is 7.95. The Hall–Kier alpha value is -2.41. The Kier molecular flexibility index (Phi) is 6.14. The summed E-state index contributed by atoms with van der Waals surface area (Å²) in [7, 11) is -3.42. The molecule has 134 valence electrons. The summed E-state index contributed by atoms with van der Waals surface area (Å²) >= 11 is 0. The lowest BCUT2D eigenvalue weighted by Crippen LogP contribution is -2.19. The van der Waals surface area contributed by atoms with Crippen LogP contribution in [-0.4, -0.2) is 20.1 Å². The van der Waals surface area contributed by atoms with Gasteiger partial charge in [0.05, 0.1) is 17.9 Å². The van der Waals surface area contributed by atoms with Gasteiger partial charge in [-0.15, -0.1) is 0 Å². The summed E-state index contributed by atoms with van der Waals surface area (Å²) in [6, 6.07) is 11.0. The number of hydrogen-bond acceptors (Lipinski definition) is 3. The monoisotopic (exact) mass is 364 g/mol. The SMILES string of the molecule is CCCS(=O)(=O)Nc1cccc(NC(=O)Cc2ccccc2F)c1C. The van der Waals surface area contributed by atoms with Crippen LogP contribution in [-0.2, 0) is 21.2 Å². The highest BCUT2D eigenvalue weighted by Gasteiger charge is 2.14. The van der Waals surface area contributed by atoms with Crippen molar-refractivity contribution < 1.29 is 17.6 Å². The second-order valence-corrected chi connectivity index (χ2v) is 7.56. The zero-order valence-corrected chi connectivity index (χ0v) is 15.0. The molecule has 2 N–H and O–H groups in total. The van der Waals surface area contributed by atoms with Crippen LogP contribution in [0, 0.1) is 12.7 Å². The normalized spacial score (nSPS) is 11.2. The highest BCUT2D eigenvalue weighted by molar-refractivity contribution is 7.92. The third-order valence-electron chi connectivity index (χ3n) is 3.66. The van der Waals surface area contributed by atoms with Gasteiger partial charge in [0, 0.05) is 5.69 Å². The van der Waals surface area contributed by atoms with Crippen molar-refractivity contribution in [2.24, 2.45) is 0 Å². The van der Waals surface area contributed by atoms with E-state index < -0.39 is 15.8 Å². The fraction of sp³-hybridized carbons (Fsp3) is 0.278. The Morgan fingerprint density at radius 3 is 2.44 bits per heavy atom. The van der Waals surface area contributed by atoms with Gasteiger partial charge in [0.25, 0.3) is 0 Å². The molecule has 0 aromatic heterocycles. The van der Waals surface area contributed by atoms with E-state index >= 15 is 0 Å². The van der Waals surface area contributed by atoms with Gasteiger partial charge in [0.1, 0.15) is 5.82 Å². The summed E-state index contributed by atoms with van der Waals surface area (Å²) in [5.41, 5.74) is 1.80. The zero-order chi connectivity index (χ0) is 18.4. The number of benzene rings is 2. The van der Waals surface area contributed by atoms with Crippen molar-refractivity contribution in [3.8, 4) is 0 Å². The van der Waals surface area contributed by atoms with Crippen molar-refractivity contribution in [2.45, 2.75) is 26.7 Å². The van der Waals surface area contributed by atoms with Gasteiger partial charge in [-0.2, -0.15) is 0 Å². The Morgan fingerprint density at radius 2 is 1.76 bits per heavy atom. The van der Waals surface area contributed by atoms with Gasteiger partial charge >= 0.3 is 0 Å². The summed E-state index contributed by atoms with van der Waals surface area (Å²) in [6.45, 7) is 3.49. The smallest absolute Gasteiger partial charge is 0.232 e. The molecular weight excluding hydrogens is 343 g/mol. The molecule has 0 aliphatic rings. The van der Waals surface area contributed by atoms with E-state index in [1.807, 2.05) is 0 Å². The predicted molar refractivity (Wildman–Crippen MR) is 97.6 cm³/mol. The fourth-order valence-corrected chi connectivity index (χ4v) is 3.57. The first-order valence-corrected chi connectivity index (χ1v) is 9.61. The molecule has 0 heterocycles. The number of amides is 1. The highest BCUT2D eigenvalue weighted by atomic mass is 32.2. The zero-order valence-electron chi connectivity index (χ0n) is 14.2. The Labute approximate surface area is 147 Å². The molecule has 2 aromatic carbocycles. The van der Waals surface area contributed by atoms with Crippen molar-refractivity contribution in [3.63, 3.8) is 0 Å². The van der Waals surface area contributed by atoms with Crippen LogP contribution in [0.1, 0.15) is 24.5 Å². The average Bonchev–Trinajstić information content (AvgIpc) is 2.53. The number of carbonyl (C=O) groups is 1. The summed E-state index contributed by atoms with van der Waals surface area (Å²) in [5.74, 6) is -0.784. The van der Waals surface area contributed by atoms with E-state index in [0.29, 0.717) is 28.9 Å². The predicted octanol–water partition coefficient (Wildman–Crippen LogP) is 3.47. The molecule has 0 unspecified atom stereocenters. The number of halogens is 1. The summed E-state index contributed by atoms with van der Waals surface area (Å²) in [6.07, 6.45) is 0.408. The van der Waals surface area contributed by atoms with E-state index in [1.165, 1.54) is 6.07 Å². The Balaban J connectivity index is 2.14. The van der Waals surface area contributed by atoms with Crippen LogP contribution in [0.15, 0.2) is 42.5 Å². The van der Waals surface area contributed by atoms with Gasteiger partial charge < -0.3 is 5.32 Å². The maximum Gasteiger partial charge on any atom is 0.232 e. The lowest BCUT2D eigenvalue weighted by atomic mass is 10.1. The molecular formula is C18H21FN2O3S. The molecule has 0 fully saturated rings. The second-order valence-electron chi connectivity index (χ2n) is 5.72. The molecule has 0 aliphatic carbocycles. The van der Waals surface area contributed by atoms with Gasteiger partial charge in [0.15, 0.2) is 0 Å². The lowest BCUT2D eigenvalue weighted by molar-refractivity contribution is -0.115. The Bertz CT molecular complexity index is 866. The van der Waals surface area contributed by atoms with E-state index in [-0.39, 0.29) is 18.1 Å². The number of nitrogens with one attached hydrogen (secondary N) is 2. The van der Waals surface area contributed by atoms with E-state index in [0.717, 1.165) is 0 Å². The first kappa shape index (κ1) is 18.9. The van der Waals surface area contributed by atoms with Gasteiger partial charge in [-0.1, -0.05) is 31.2 Å². The summed E-state index contributed by atoms with van der Waals surface area (Å²) in [5, 5.41) is 2.70. The quantitative estimate of drug-likeness (QED) is 0.790. The van der Waals surface area contributed by atoms with Gasteiger partial charge in [-0.25, -0.2) is 12.8 Å². The summed E-state index contributed by atoms with van der Waals surface area (Å²) < 4.78 is 40.0. The molecule has 25 heavy (non-hydrogen) atoms. The number of sulfonamides is 1. The van der Waals surface area contributed by atoms with Crippen molar-refractivity contribution in [1.29, 1.82) is 0 Å².